The lowest BCUT2D eigenvalue weighted by atomic mass is 10.0. The van der Waals surface area contributed by atoms with E-state index >= 15 is 0 Å². The molecule has 0 amide bonds. The lowest BCUT2D eigenvalue weighted by molar-refractivity contribution is -0.384. The minimum atomic E-state index is -0.493. The molecule has 4 rings (SSSR count). The van der Waals surface area contributed by atoms with E-state index in [1.165, 1.54) is 12.1 Å². The quantitative estimate of drug-likeness (QED) is 0.299. The van der Waals surface area contributed by atoms with Crippen LogP contribution < -0.4 is 0 Å². The molecule has 1 aliphatic rings. The number of nitrogens with zero attached hydrogens (tertiary/aromatic N) is 1. The van der Waals surface area contributed by atoms with Crippen LogP contribution in [0.15, 0.2) is 66.7 Å². The van der Waals surface area contributed by atoms with Crippen molar-refractivity contribution in [1.29, 1.82) is 0 Å². The summed E-state index contributed by atoms with van der Waals surface area (Å²) in [6.45, 7) is 0. The molecule has 4 heteroatoms. The van der Waals surface area contributed by atoms with Gasteiger partial charge in [-0.2, -0.15) is 0 Å². The first-order valence-electron chi connectivity index (χ1n) is 7.68. The molecule has 0 saturated heterocycles. The molecule has 0 saturated carbocycles. The number of nitro groups is 1. The van der Waals surface area contributed by atoms with Crippen LogP contribution in [0, 0.1) is 22.0 Å². The van der Waals surface area contributed by atoms with Crippen molar-refractivity contribution in [2.45, 2.75) is 0 Å². The number of rotatable bonds is 1. The fourth-order valence-corrected chi connectivity index (χ4v) is 2.92. The summed E-state index contributed by atoms with van der Waals surface area (Å²) in [7, 11) is 0. The molecule has 0 heterocycles. The lowest BCUT2D eigenvalue weighted by Crippen LogP contribution is -1.97. The molecule has 0 bridgehead atoms. The first-order chi connectivity index (χ1) is 12.1. The van der Waals surface area contributed by atoms with E-state index in [1.807, 2.05) is 42.5 Å². The van der Waals surface area contributed by atoms with E-state index in [4.69, 9.17) is 0 Å². The van der Waals surface area contributed by atoms with Crippen LogP contribution in [0.2, 0.25) is 0 Å². The second kappa shape index (κ2) is 5.73. The molecule has 0 aliphatic heterocycles. The maximum Gasteiger partial charge on any atom is 0.270 e. The van der Waals surface area contributed by atoms with Crippen molar-refractivity contribution in [3.8, 4) is 23.0 Å². The molecule has 0 N–H and O–H groups in total. The van der Waals surface area contributed by atoms with E-state index in [0.29, 0.717) is 11.1 Å². The fourth-order valence-electron chi connectivity index (χ4n) is 2.92. The average Bonchev–Trinajstić information content (AvgIpc) is 2.92. The summed E-state index contributed by atoms with van der Waals surface area (Å²) in [5.74, 6) is 5.92. The molecule has 0 fully saturated rings. The second-order valence-electron chi connectivity index (χ2n) is 5.69. The van der Waals surface area contributed by atoms with Gasteiger partial charge in [-0.15, -0.1) is 0 Å². The Morgan fingerprint density at radius 1 is 0.720 bits per heavy atom. The summed E-state index contributed by atoms with van der Waals surface area (Å²) in [5.41, 5.74) is 3.98. The Labute approximate surface area is 143 Å². The molecule has 1 aliphatic carbocycles. The zero-order valence-corrected chi connectivity index (χ0v) is 13.0. The van der Waals surface area contributed by atoms with Crippen molar-refractivity contribution in [2.24, 2.45) is 0 Å². The summed E-state index contributed by atoms with van der Waals surface area (Å²) in [6.07, 6.45) is 0. The molecular formula is C21H11NO3. The largest absolute Gasteiger partial charge is 0.289 e. The molecule has 0 atom stereocenters. The first kappa shape index (κ1) is 14.9. The predicted octanol–water partition coefficient (Wildman–Crippen LogP) is 4.21. The monoisotopic (exact) mass is 325 g/mol. The minimum absolute atomic E-state index is 0.0796. The molecule has 3 aromatic rings. The van der Waals surface area contributed by atoms with Crippen molar-refractivity contribution in [2.75, 3.05) is 0 Å². The molecular weight excluding hydrogens is 314 g/mol. The highest BCUT2D eigenvalue weighted by Gasteiger charge is 2.28. The van der Waals surface area contributed by atoms with Crippen molar-refractivity contribution >= 4 is 11.5 Å². The van der Waals surface area contributed by atoms with Gasteiger partial charge in [0.15, 0.2) is 5.78 Å². The maximum atomic E-state index is 12.6. The third-order valence-electron chi connectivity index (χ3n) is 4.14. The molecule has 4 nitrogen and oxygen atoms in total. The second-order valence-corrected chi connectivity index (χ2v) is 5.69. The van der Waals surface area contributed by atoms with Crippen LogP contribution in [0.25, 0.3) is 11.1 Å². The van der Waals surface area contributed by atoms with Crippen molar-refractivity contribution in [1.82, 2.24) is 0 Å². The van der Waals surface area contributed by atoms with Crippen LogP contribution in [0.1, 0.15) is 27.0 Å². The van der Waals surface area contributed by atoms with Crippen LogP contribution in [0.3, 0.4) is 0 Å². The summed E-state index contributed by atoms with van der Waals surface area (Å²) in [5, 5.41) is 10.9. The van der Waals surface area contributed by atoms with Gasteiger partial charge in [-0.1, -0.05) is 36.1 Å². The Morgan fingerprint density at radius 2 is 1.36 bits per heavy atom. The third kappa shape index (κ3) is 2.58. The van der Waals surface area contributed by atoms with Crippen LogP contribution in [-0.4, -0.2) is 10.7 Å². The van der Waals surface area contributed by atoms with E-state index < -0.39 is 4.92 Å². The van der Waals surface area contributed by atoms with Gasteiger partial charge in [0.25, 0.3) is 5.69 Å². The van der Waals surface area contributed by atoms with Gasteiger partial charge in [0.05, 0.1) is 4.92 Å². The number of carbonyl (C=O) groups is 1. The van der Waals surface area contributed by atoms with Crippen LogP contribution >= 0.6 is 0 Å². The maximum absolute atomic E-state index is 12.6. The highest BCUT2D eigenvalue weighted by molar-refractivity contribution is 6.22. The fraction of sp³-hybridized carbons (Fsp3) is 0. The predicted molar refractivity (Wildman–Crippen MR) is 94.4 cm³/mol. The van der Waals surface area contributed by atoms with E-state index in [0.717, 1.165) is 22.3 Å². The summed E-state index contributed by atoms with van der Waals surface area (Å²) in [6, 6.07) is 19.4. The number of non-ortho nitro benzene ring substituents is 1. The number of hydrogen-bond donors (Lipinski definition) is 0. The van der Waals surface area contributed by atoms with Gasteiger partial charge in [-0.05, 0) is 41.5 Å². The summed E-state index contributed by atoms with van der Waals surface area (Å²) in [4.78, 5) is 23.1. The number of hydrogen-bond acceptors (Lipinski definition) is 3. The Bertz CT molecular complexity index is 1090. The van der Waals surface area contributed by atoms with Gasteiger partial charge in [0.2, 0.25) is 0 Å². The lowest BCUT2D eigenvalue weighted by Gasteiger charge is -2.00. The molecule has 0 radical (unpaired) electrons. The number of ketones is 1. The van der Waals surface area contributed by atoms with Crippen LogP contribution in [-0.2, 0) is 0 Å². The number of carbonyl (C=O) groups excluding carboxylic acids is 1. The number of nitro benzene ring substituents is 1. The third-order valence-corrected chi connectivity index (χ3v) is 4.14. The Morgan fingerprint density at radius 3 is 2.08 bits per heavy atom. The van der Waals surface area contributed by atoms with E-state index in [1.54, 1.807) is 12.1 Å². The van der Waals surface area contributed by atoms with Crippen molar-refractivity contribution < 1.29 is 9.72 Å². The molecule has 0 aromatic heterocycles. The molecule has 0 unspecified atom stereocenters. The average molecular weight is 325 g/mol. The van der Waals surface area contributed by atoms with Gasteiger partial charge in [0.1, 0.15) is 0 Å². The SMILES string of the molecule is O=C1c2cc(C#Cc3ccccc3)ccc2-c2ccc([N+](=O)[O-])cc21. The zero-order valence-electron chi connectivity index (χ0n) is 13.0. The molecule has 0 spiro atoms. The van der Waals surface area contributed by atoms with Gasteiger partial charge in [-0.25, -0.2) is 0 Å². The van der Waals surface area contributed by atoms with Crippen molar-refractivity contribution in [3.05, 3.63) is 99.1 Å². The Balaban J connectivity index is 1.74. The van der Waals surface area contributed by atoms with Gasteiger partial charge in [-0.3, -0.25) is 14.9 Å². The van der Waals surface area contributed by atoms with E-state index in [2.05, 4.69) is 11.8 Å². The van der Waals surface area contributed by atoms with Crippen molar-refractivity contribution in [3.63, 3.8) is 0 Å². The minimum Gasteiger partial charge on any atom is -0.289 e. The normalized spacial score (nSPS) is 11.3. The standard InChI is InChI=1S/C21H11NO3/c23-21-19-12-15(7-6-14-4-2-1-3-5-14)8-10-17(19)18-11-9-16(22(24)25)13-20(18)21/h1-5,8-13H. The molecule has 3 aromatic carbocycles. The molecule has 118 valence electrons. The van der Waals surface area contributed by atoms with E-state index in [9.17, 15) is 14.9 Å². The molecule has 25 heavy (non-hydrogen) atoms. The highest BCUT2D eigenvalue weighted by atomic mass is 16.6. The summed E-state index contributed by atoms with van der Waals surface area (Å²) < 4.78 is 0. The Kier molecular flexibility index (Phi) is 3.41. The highest BCUT2D eigenvalue weighted by Crippen LogP contribution is 2.38. The van der Waals surface area contributed by atoms with Gasteiger partial charge >= 0.3 is 0 Å². The summed E-state index contributed by atoms with van der Waals surface area (Å²) >= 11 is 0. The number of benzene rings is 3. The van der Waals surface area contributed by atoms with Gasteiger partial charge < -0.3 is 0 Å². The topological polar surface area (TPSA) is 60.2 Å². The van der Waals surface area contributed by atoms with Crippen LogP contribution in [0.4, 0.5) is 5.69 Å². The van der Waals surface area contributed by atoms with E-state index in [-0.39, 0.29) is 11.5 Å². The van der Waals surface area contributed by atoms with Crippen LogP contribution in [0.5, 0.6) is 0 Å². The zero-order chi connectivity index (χ0) is 17.4. The number of fused-ring (bicyclic) bond motifs is 3. The smallest absolute Gasteiger partial charge is 0.270 e. The first-order valence-corrected chi connectivity index (χ1v) is 7.68. The Hall–Kier alpha value is -3.71. The van der Waals surface area contributed by atoms with Gasteiger partial charge in [0, 0.05) is 34.4 Å².